The zero-order valence-electron chi connectivity index (χ0n) is 11.7. The highest BCUT2D eigenvalue weighted by atomic mass is 32.2. The molecular weight excluding hydrogens is 292 g/mol. The van der Waals surface area contributed by atoms with E-state index in [2.05, 4.69) is 10.0 Å². The first kappa shape index (κ1) is 15.0. The van der Waals surface area contributed by atoms with Crippen LogP contribution < -0.4 is 10.0 Å². The van der Waals surface area contributed by atoms with E-state index < -0.39 is 10.0 Å². The molecule has 0 spiro atoms. The van der Waals surface area contributed by atoms with E-state index in [4.69, 9.17) is 0 Å². The minimum Gasteiger partial charge on any atom is -0.315 e. The average molecular weight is 310 g/mol. The highest BCUT2D eigenvalue weighted by molar-refractivity contribution is 7.94. The van der Waals surface area contributed by atoms with Gasteiger partial charge >= 0.3 is 0 Å². The number of hydrogen-bond acceptors (Lipinski definition) is 4. The predicted molar refractivity (Wildman–Crippen MR) is 83.8 cm³/mol. The van der Waals surface area contributed by atoms with Crippen molar-refractivity contribution in [2.75, 3.05) is 11.8 Å². The quantitative estimate of drug-likeness (QED) is 0.893. The van der Waals surface area contributed by atoms with Gasteiger partial charge in [-0.2, -0.15) is 0 Å². The Morgan fingerprint density at radius 2 is 1.75 bits per heavy atom. The van der Waals surface area contributed by atoms with Crippen molar-refractivity contribution in [3.05, 3.63) is 46.3 Å². The monoisotopic (exact) mass is 310 g/mol. The molecule has 1 heterocycles. The average Bonchev–Trinajstić information content (AvgIpc) is 2.76. The van der Waals surface area contributed by atoms with E-state index in [1.165, 1.54) is 11.3 Å². The molecule has 6 heteroatoms. The second kappa shape index (κ2) is 5.95. The van der Waals surface area contributed by atoms with E-state index in [1.807, 2.05) is 45.2 Å². The molecule has 2 aromatic rings. The van der Waals surface area contributed by atoms with Crippen LogP contribution in [0.1, 0.15) is 16.0 Å². The van der Waals surface area contributed by atoms with Gasteiger partial charge in [-0.25, -0.2) is 8.42 Å². The van der Waals surface area contributed by atoms with Crippen molar-refractivity contribution in [3.63, 3.8) is 0 Å². The molecule has 0 amide bonds. The molecule has 1 aromatic carbocycles. The van der Waals surface area contributed by atoms with Crippen molar-refractivity contribution in [1.29, 1.82) is 0 Å². The van der Waals surface area contributed by atoms with Gasteiger partial charge in [0.1, 0.15) is 4.21 Å². The molecule has 2 rings (SSSR count). The summed E-state index contributed by atoms with van der Waals surface area (Å²) in [6.45, 7) is 4.56. The van der Waals surface area contributed by atoms with Crippen molar-refractivity contribution < 1.29 is 8.42 Å². The van der Waals surface area contributed by atoms with Gasteiger partial charge < -0.3 is 5.32 Å². The molecular formula is C14H18N2O2S2. The van der Waals surface area contributed by atoms with E-state index in [-0.39, 0.29) is 0 Å². The Labute approximate surface area is 123 Å². The van der Waals surface area contributed by atoms with Crippen LogP contribution in [0.15, 0.2) is 34.5 Å². The van der Waals surface area contributed by atoms with Gasteiger partial charge in [-0.1, -0.05) is 6.07 Å². The first-order valence-corrected chi connectivity index (χ1v) is 8.55. The summed E-state index contributed by atoms with van der Waals surface area (Å²) in [6.07, 6.45) is 0. The lowest BCUT2D eigenvalue weighted by Crippen LogP contribution is -2.11. The fourth-order valence-corrected chi connectivity index (χ4v) is 4.42. The van der Waals surface area contributed by atoms with Gasteiger partial charge in [0, 0.05) is 17.1 Å². The zero-order valence-corrected chi connectivity index (χ0v) is 13.4. The van der Waals surface area contributed by atoms with E-state index in [1.54, 1.807) is 6.07 Å². The molecule has 0 fully saturated rings. The molecule has 0 radical (unpaired) electrons. The second-order valence-electron chi connectivity index (χ2n) is 4.73. The molecule has 4 nitrogen and oxygen atoms in total. The van der Waals surface area contributed by atoms with Gasteiger partial charge in [0.05, 0.1) is 0 Å². The highest BCUT2D eigenvalue weighted by Crippen LogP contribution is 2.24. The van der Waals surface area contributed by atoms with Gasteiger partial charge in [-0.05, 0) is 56.3 Å². The van der Waals surface area contributed by atoms with Crippen LogP contribution >= 0.6 is 11.3 Å². The van der Waals surface area contributed by atoms with Gasteiger partial charge in [0.15, 0.2) is 0 Å². The van der Waals surface area contributed by atoms with Crippen LogP contribution in [-0.4, -0.2) is 15.5 Å². The third-order valence-corrected chi connectivity index (χ3v) is 5.69. The summed E-state index contributed by atoms with van der Waals surface area (Å²) in [7, 11) is -1.67. The number of anilines is 1. The number of benzene rings is 1. The molecule has 0 saturated carbocycles. The van der Waals surface area contributed by atoms with Crippen LogP contribution in [0.5, 0.6) is 0 Å². The molecule has 0 unspecified atom stereocenters. The summed E-state index contributed by atoms with van der Waals surface area (Å²) in [6, 6.07) is 9.13. The van der Waals surface area contributed by atoms with E-state index in [0.717, 1.165) is 16.0 Å². The summed E-state index contributed by atoms with van der Waals surface area (Å²) < 4.78 is 27.6. The Kier molecular flexibility index (Phi) is 4.47. The molecule has 0 bridgehead atoms. The van der Waals surface area contributed by atoms with Gasteiger partial charge in [0.2, 0.25) is 0 Å². The maximum Gasteiger partial charge on any atom is 0.271 e. The molecule has 108 valence electrons. The van der Waals surface area contributed by atoms with Crippen LogP contribution in [0.2, 0.25) is 0 Å². The van der Waals surface area contributed by atoms with Gasteiger partial charge in [0.25, 0.3) is 10.0 Å². The normalized spacial score (nSPS) is 11.6. The molecule has 0 aliphatic heterocycles. The fraction of sp³-hybridized carbons (Fsp3) is 0.286. The number of sulfonamides is 1. The Morgan fingerprint density at radius 1 is 1.10 bits per heavy atom. The van der Waals surface area contributed by atoms with Crippen LogP contribution in [0.25, 0.3) is 0 Å². The molecule has 0 aliphatic carbocycles. The molecule has 2 N–H and O–H groups in total. The maximum atomic E-state index is 12.3. The maximum absolute atomic E-state index is 12.3. The van der Waals surface area contributed by atoms with Crippen molar-refractivity contribution in [1.82, 2.24) is 5.32 Å². The van der Waals surface area contributed by atoms with Crippen molar-refractivity contribution in [2.24, 2.45) is 0 Å². The van der Waals surface area contributed by atoms with Gasteiger partial charge in [-0.15, -0.1) is 11.3 Å². The summed E-state index contributed by atoms with van der Waals surface area (Å²) in [5.41, 5.74) is 2.67. The van der Waals surface area contributed by atoms with Crippen molar-refractivity contribution in [3.8, 4) is 0 Å². The van der Waals surface area contributed by atoms with Crippen LogP contribution in [0.4, 0.5) is 5.69 Å². The van der Waals surface area contributed by atoms with E-state index in [0.29, 0.717) is 16.4 Å². The largest absolute Gasteiger partial charge is 0.315 e. The van der Waals surface area contributed by atoms with Crippen molar-refractivity contribution in [2.45, 2.75) is 24.6 Å². The molecule has 1 aromatic heterocycles. The third-order valence-electron chi connectivity index (χ3n) is 2.73. The smallest absolute Gasteiger partial charge is 0.271 e. The summed E-state index contributed by atoms with van der Waals surface area (Å²) in [5, 5.41) is 3.01. The first-order chi connectivity index (χ1) is 9.40. The van der Waals surface area contributed by atoms with E-state index >= 15 is 0 Å². The number of hydrogen-bond donors (Lipinski definition) is 2. The van der Waals surface area contributed by atoms with Crippen molar-refractivity contribution >= 4 is 27.0 Å². The number of aryl methyl sites for hydroxylation is 2. The first-order valence-electron chi connectivity index (χ1n) is 6.25. The zero-order chi connectivity index (χ0) is 14.8. The number of rotatable bonds is 5. The van der Waals surface area contributed by atoms with Crippen LogP contribution in [-0.2, 0) is 16.6 Å². The molecule has 20 heavy (non-hydrogen) atoms. The molecule has 0 aliphatic rings. The lowest BCUT2D eigenvalue weighted by Gasteiger charge is -2.08. The standard InChI is InChI=1S/C14H18N2O2S2/c1-10-6-11(2)8-12(7-10)16-20(17,18)14-5-4-13(19-14)9-15-3/h4-8,15-16H,9H2,1-3H3. The second-order valence-corrected chi connectivity index (χ2v) is 7.81. The summed E-state index contributed by atoms with van der Waals surface area (Å²) in [5.74, 6) is 0. The van der Waals surface area contributed by atoms with Crippen LogP contribution in [0.3, 0.4) is 0 Å². The SMILES string of the molecule is CNCc1ccc(S(=O)(=O)Nc2cc(C)cc(C)c2)s1. The Bertz CT molecular complexity index is 685. The third kappa shape index (κ3) is 3.59. The Balaban J connectivity index is 2.25. The Hall–Kier alpha value is -1.37. The Morgan fingerprint density at radius 3 is 2.35 bits per heavy atom. The summed E-state index contributed by atoms with van der Waals surface area (Å²) >= 11 is 1.28. The minimum absolute atomic E-state index is 0.335. The molecule has 0 atom stereocenters. The molecule has 0 saturated heterocycles. The lowest BCUT2D eigenvalue weighted by atomic mass is 10.1. The lowest BCUT2D eigenvalue weighted by molar-refractivity contribution is 0.603. The van der Waals surface area contributed by atoms with E-state index in [9.17, 15) is 8.42 Å². The highest BCUT2D eigenvalue weighted by Gasteiger charge is 2.17. The van der Waals surface area contributed by atoms with Gasteiger partial charge in [-0.3, -0.25) is 4.72 Å². The number of thiophene rings is 1. The minimum atomic E-state index is -3.50. The summed E-state index contributed by atoms with van der Waals surface area (Å²) in [4.78, 5) is 0.994. The topological polar surface area (TPSA) is 58.2 Å². The van der Waals surface area contributed by atoms with Crippen LogP contribution in [0, 0.1) is 13.8 Å². The predicted octanol–water partition coefficient (Wildman–Crippen LogP) is 2.89. The number of nitrogens with one attached hydrogen (secondary N) is 2. The fourth-order valence-electron chi connectivity index (χ4n) is 2.01.